The molecule has 2 aliphatic heterocycles. The molecule has 2 aliphatic rings. The maximum atomic E-state index is 13.0. The standard InChI is InChI=1S/C21H32N4O3S/c1-4-25-20-6-5-18(29(26,27)24-7-9-28-10-8-24)12-19(20)22-21(25)15-23-13-16(2)11-17(3)14-23/h5-6,12,16-17H,4,7-11,13-15H2,1-3H3. The number of benzene rings is 1. The van der Waals surface area contributed by atoms with Crippen LogP contribution in [0.1, 0.15) is 33.0 Å². The van der Waals surface area contributed by atoms with E-state index < -0.39 is 10.0 Å². The monoisotopic (exact) mass is 420 g/mol. The van der Waals surface area contributed by atoms with Crippen molar-refractivity contribution in [1.82, 2.24) is 18.8 Å². The molecule has 29 heavy (non-hydrogen) atoms. The second-order valence-electron chi connectivity index (χ2n) is 8.58. The van der Waals surface area contributed by atoms with Gasteiger partial charge in [-0.1, -0.05) is 13.8 Å². The van der Waals surface area contributed by atoms with Crippen molar-refractivity contribution in [3.05, 3.63) is 24.0 Å². The minimum atomic E-state index is -3.51. The fourth-order valence-corrected chi connectivity index (χ4v) is 6.28. The zero-order valence-electron chi connectivity index (χ0n) is 17.7. The number of morpholine rings is 1. The summed E-state index contributed by atoms with van der Waals surface area (Å²) in [6.07, 6.45) is 1.28. The highest BCUT2D eigenvalue weighted by Gasteiger charge is 2.28. The number of rotatable bonds is 5. The third kappa shape index (κ3) is 4.21. The van der Waals surface area contributed by atoms with Gasteiger partial charge < -0.3 is 9.30 Å². The van der Waals surface area contributed by atoms with Crippen LogP contribution >= 0.6 is 0 Å². The maximum Gasteiger partial charge on any atom is 0.243 e. The first-order chi connectivity index (χ1) is 13.9. The van der Waals surface area contributed by atoms with Gasteiger partial charge in [0.05, 0.1) is 35.7 Å². The molecule has 1 aromatic carbocycles. The van der Waals surface area contributed by atoms with E-state index in [0.29, 0.717) is 43.0 Å². The van der Waals surface area contributed by atoms with Gasteiger partial charge in [0.1, 0.15) is 5.82 Å². The summed E-state index contributed by atoms with van der Waals surface area (Å²) in [5.74, 6) is 2.41. The fraction of sp³-hybridized carbons (Fsp3) is 0.667. The van der Waals surface area contributed by atoms with Gasteiger partial charge in [0, 0.05) is 32.7 Å². The number of aromatic nitrogens is 2. The second-order valence-corrected chi connectivity index (χ2v) is 10.5. The van der Waals surface area contributed by atoms with Crippen LogP contribution in [0.5, 0.6) is 0 Å². The van der Waals surface area contributed by atoms with E-state index in [1.165, 1.54) is 10.7 Å². The number of piperidine rings is 1. The quantitative estimate of drug-likeness (QED) is 0.744. The van der Waals surface area contributed by atoms with Crippen LogP contribution in [-0.4, -0.2) is 66.6 Å². The largest absolute Gasteiger partial charge is 0.379 e. The van der Waals surface area contributed by atoms with Crippen molar-refractivity contribution in [2.24, 2.45) is 11.8 Å². The molecule has 160 valence electrons. The summed E-state index contributed by atoms with van der Waals surface area (Å²) in [5, 5.41) is 0. The van der Waals surface area contributed by atoms with Crippen molar-refractivity contribution in [2.75, 3.05) is 39.4 Å². The molecule has 0 N–H and O–H groups in total. The molecule has 8 heteroatoms. The summed E-state index contributed by atoms with van der Waals surface area (Å²) in [5.41, 5.74) is 1.76. The van der Waals surface area contributed by atoms with Gasteiger partial charge in [0.15, 0.2) is 0 Å². The Kier molecular flexibility index (Phi) is 5.97. The third-order valence-corrected chi connectivity index (χ3v) is 7.93. The van der Waals surface area contributed by atoms with Crippen LogP contribution in [0, 0.1) is 11.8 Å². The van der Waals surface area contributed by atoms with E-state index in [1.807, 2.05) is 6.07 Å². The van der Waals surface area contributed by atoms with E-state index >= 15 is 0 Å². The summed E-state index contributed by atoms with van der Waals surface area (Å²) in [6.45, 7) is 12.3. The van der Waals surface area contributed by atoms with Crippen LogP contribution in [0.2, 0.25) is 0 Å². The van der Waals surface area contributed by atoms with Crippen LogP contribution in [-0.2, 0) is 27.8 Å². The Morgan fingerprint density at radius 3 is 2.48 bits per heavy atom. The van der Waals surface area contributed by atoms with Crippen molar-refractivity contribution in [2.45, 2.75) is 45.2 Å². The Bertz CT molecular complexity index is 956. The molecular weight excluding hydrogens is 388 g/mol. The van der Waals surface area contributed by atoms with Gasteiger partial charge >= 0.3 is 0 Å². The smallest absolute Gasteiger partial charge is 0.243 e. The molecule has 2 saturated heterocycles. The summed E-state index contributed by atoms with van der Waals surface area (Å²) in [6, 6.07) is 5.36. The Morgan fingerprint density at radius 2 is 1.83 bits per heavy atom. The molecule has 0 amide bonds. The van der Waals surface area contributed by atoms with Gasteiger partial charge in [-0.15, -0.1) is 0 Å². The van der Waals surface area contributed by atoms with Gasteiger partial charge in [0.25, 0.3) is 0 Å². The van der Waals surface area contributed by atoms with Crippen LogP contribution in [0.25, 0.3) is 11.0 Å². The van der Waals surface area contributed by atoms with E-state index in [9.17, 15) is 8.42 Å². The van der Waals surface area contributed by atoms with E-state index in [0.717, 1.165) is 43.0 Å². The molecule has 0 bridgehead atoms. The number of sulfonamides is 1. The van der Waals surface area contributed by atoms with Crippen molar-refractivity contribution >= 4 is 21.1 Å². The highest BCUT2D eigenvalue weighted by molar-refractivity contribution is 7.89. The third-order valence-electron chi connectivity index (χ3n) is 6.03. The van der Waals surface area contributed by atoms with Crippen LogP contribution < -0.4 is 0 Å². The molecule has 2 fully saturated rings. The lowest BCUT2D eigenvalue weighted by Crippen LogP contribution is -2.40. The van der Waals surface area contributed by atoms with Crippen molar-refractivity contribution < 1.29 is 13.2 Å². The number of likely N-dealkylation sites (tertiary alicyclic amines) is 1. The average molecular weight is 421 g/mol. The number of imidazole rings is 1. The highest BCUT2D eigenvalue weighted by atomic mass is 32.2. The maximum absolute atomic E-state index is 13.0. The molecule has 4 rings (SSSR count). The summed E-state index contributed by atoms with van der Waals surface area (Å²) in [7, 11) is -3.51. The van der Waals surface area contributed by atoms with Crippen molar-refractivity contribution in [1.29, 1.82) is 0 Å². The molecule has 0 saturated carbocycles. The summed E-state index contributed by atoms with van der Waals surface area (Å²) in [4.78, 5) is 7.66. The Morgan fingerprint density at radius 1 is 1.14 bits per heavy atom. The van der Waals surface area contributed by atoms with Gasteiger partial charge in [-0.2, -0.15) is 4.31 Å². The Labute approximate surface area is 173 Å². The van der Waals surface area contributed by atoms with E-state index in [1.54, 1.807) is 12.1 Å². The summed E-state index contributed by atoms with van der Waals surface area (Å²) < 4.78 is 35.0. The van der Waals surface area contributed by atoms with Gasteiger partial charge in [-0.25, -0.2) is 13.4 Å². The molecule has 7 nitrogen and oxygen atoms in total. The van der Waals surface area contributed by atoms with Crippen LogP contribution in [0.15, 0.2) is 23.1 Å². The van der Waals surface area contributed by atoms with Crippen LogP contribution in [0.4, 0.5) is 0 Å². The zero-order valence-corrected chi connectivity index (χ0v) is 18.5. The molecule has 2 aromatic rings. The Hall–Kier alpha value is -1.48. The van der Waals surface area contributed by atoms with E-state index in [4.69, 9.17) is 9.72 Å². The second kappa shape index (κ2) is 8.34. The molecule has 0 radical (unpaired) electrons. The van der Waals surface area contributed by atoms with Crippen LogP contribution in [0.3, 0.4) is 0 Å². The SMILES string of the molecule is CCn1c(CN2CC(C)CC(C)C2)nc2cc(S(=O)(=O)N3CCOCC3)ccc21. The van der Waals surface area contributed by atoms with Gasteiger partial charge in [-0.3, -0.25) is 4.90 Å². The summed E-state index contributed by atoms with van der Waals surface area (Å²) >= 11 is 0. The fourth-order valence-electron chi connectivity index (χ4n) is 4.85. The number of hydrogen-bond acceptors (Lipinski definition) is 5. The number of aryl methyl sites for hydroxylation is 1. The first-order valence-electron chi connectivity index (χ1n) is 10.7. The molecular formula is C21H32N4O3S. The number of ether oxygens (including phenoxy) is 1. The lowest BCUT2D eigenvalue weighted by Gasteiger charge is -2.34. The van der Waals surface area contributed by atoms with Gasteiger partial charge in [-0.05, 0) is 43.4 Å². The lowest BCUT2D eigenvalue weighted by molar-refractivity contribution is 0.0730. The number of nitrogens with zero attached hydrogens (tertiary/aromatic N) is 4. The molecule has 2 unspecified atom stereocenters. The number of fused-ring (bicyclic) bond motifs is 1. The first-order valence-corrected chi connectivity index (χ1v) is 12.1. The first kappa shape index (κ1) is 20.8. The van der Waals surface area contributed by atoms with E-state index in [-0.39, 0.29) is 0 Å². The Balaban J connectivity index is 1.64. The number of hydrogen-bond donors (Lipinski definition) is 0. The van der Waals surface area contributed by atoms with Crippen molar-refractivity contribution in [3.63, 3.8) is 0 Å². The molecule has 3 heterocycles. The van der Waals surface area contributed by atoms with Gasteiger partial charge in [0.2, 0.25) is 10.0 Å². The molecule has 0 spiro atoms. The average Bonchev–Trinajstić information content (AvgIpc) is 3.03. The zero-order chi connectivity index (χ0) is 20.6. The highest BCUT2D eigenvalue weighted by Crippen LogP contribution is 2.26. The predicted molar refractivity (Wildman–Crippen MR) is 113 cm³/mol. The predicted octanol–water partition coefficient (Wildman–Crippen LogP) is 2.56. The topological polar surface area (TPSA) is 67.7 Å². The normalized spacial score (nSPS) is 24.9. The lowest BCUT2D eigenvalue weighted by atomic mass is 9.92. The molecule has 1 aromatic heterocycles. The minimum absolute atomic E-state index is 0.319. The molecule has 2 atom stereocenters. The minimum Gasteiger partial charge on any atom is -0.379 e. The molecule has 0 aliphatic carbocycles. The van der Waals surface area contributed by atoms with E-state index in [2.05, 4.69) is 30.2 Å². The van der Waals surface area contributed by atoms with Crippen molar-refractivity contribution in [3.8, 4) is 0 Å².